The SMILES string of the molecule is CC1(C)c2ccccc2-c2cc3c4ccccc4n(-c4ccc(C#N)cc4-c4cc(C#N)cc(-c5cccnc5)c4-n4c5ccccc5c5cc6c(cc54)C(C)(C)c4ccccc4-6)c3cc21. The second-order valence-corrected chi connectivity index (χ2v) is 19.0. The van der Waals surface area contributed by atoms with Crippen LogP contribution in [0.1, 0.15) is 61.1 Å². The number of nitrogens with zero attached hydrogens (tertiary/aromatic N) is 5. The van der Waals surface area contributed by atoms with Crippen molar-refractivity contribution in [3.63, 3.8) is 0 Å². The largest absolute Gasteiger partial charge is 0.309 e. The molecule has 5 heteroatoms. The van der Waals surface area contributed by atoms with Gasteiger partial charge in [-0.15, -0.1) is 0 Å². The number of nitriles is 2. The maximum Gasteiger partial charge on any atom is 0.0992 e. The van der Waals surface area contributed by atoms with E-state index >= 15 is 0 Å². The molecule has 0 radical (unpaired) electrons. The van der Waals surface area contributed by atoms with E-state index in [0.29, 0.717) is 11.1 Å². The molecule has 0 bridgehead atoms. The standard InChI is InChI=1S/C61H41N5/c1-60(2)50-19-9-5-15-39(50)44-29-47-41-17-7-11-21-54(41)65(57(47)31-52(44)60)56-24-23-36(33-62)26-46(56)49-28-37(34-63)27-43(38-14-13-25-64-35-38)59(49)66-55-22-12-8-18-42(55)48-30-45-40-16-6-10-20-51(40)61(3,4)53(45)32-58(48)66/h5-32,35H,1-4H3. The van der Waals surface area contributed by atoms with Crippen LogP contribution in [0.15, 0.2) is 176 Å². The second kappa shape index (κ2) is 13.5. The fourth-order valence-corrected chi connectivity index (χ4v) is 11.7. The molecule has 0 fully saturated rings. The first-order valence-electron chi connectivity index (χ1n) is 22.6. The summed E-state index contributed by atoms with van der Waals surface area (Å²) in [5.41, 5.74) is 20.4. The van der Waals surface area contributed by atoms with Gasteiger partial charge in [0.1, 0.15) is 0 Å². The molecular weight excluding hydrogens is 803 g/mol. The lowest BCUT2D eigenvalue weighted by atomic mass is 9.82. The van der Waals surface area contributed by atoms with Gasteiger partial charge >= 0.3 is 0 Å². The van der Waals surface area contributed by atoms with Crippen LogP contribution < -0.4 is 0 Å². The van der Waals surface area contributed by atoms with Gasteiger partial charge in [-0.25, -0.2) is 0 Å². The Bertz CT molecular complexity index is 4010. The first-order valence-corrected chi connectivity index (χ1v) is 22.6. The average Bonchev–Trinajstić information content (AvgIpc) is 4.00. The number of rotatable bonds is 4. The van der Waals surface area contributed by atoms with E-state index in [1.165, 1.54) is 44.5 Å². The summed E-state index contributed by atoms with van der Waals surface area (Å²) in [5, 5.41) is 26.2. The van der Waals surface area contributed by atoms with E-state index in [9.17, 15) is 10.5 Å². The molecule has 66 heavy (non-hydrogen) atoms. The Kier molecular flexibility index (Phi) is 7.77. The first-order chi connectivity index (χ1) is 32.2. The van der Waals surface area contributed by atoms with Crippen molar-refractivity contribution in [1.29, 1.82) is 10.5 Å². The van der Waals surface area contributed by atoms with Gasteiger partial charge in [0.05, 0.1) is 56.7 Å². The zero-order chi connectivity index (χ0) is 44.6. The van der Waals surface area contributed by atoms with E-state index in [4.69, 9.17) is 0 Å². The van der Waals surface area contributed by atoms with Gasteiger partial charge in [-0.3, -0.25) is 4.98 Å². The van der Waals surface area contributed by atoms with Crippen LogP contribution >= 0.6 is 0 Å². The Hall–Kier alpha value is -8.51. The Labute approximate surface area is 382 Å². The van der Waals surface area contributed by atoms with Crippen LogP contribution in [0.3, 0.4) is 0 Å². The summed E-state index contributed by atoms with van der Waals surface area (Å²) in [6.07, 6.45) is 3.67. The molecule has 8 aromatic carbocycles. The topological polar surface area (TPSA) is 70.3 Å². The molecule has 3 aromatic heterocycles. The fraction of sp³-hybridized carbons (Fsp3) is 0.0984. The number of aromatic nitrogens is 3. The molecule has 0 N–H and O–H groups in total. The van der Waals surface area contributed by atoms with Crippen molar-refractivity contribution in [2.45, 2.75) is 38.5 Å². The van der Waals surface area contributed by atoms with Gasteiger partial charge in [0.25, 0.3) is 0 Å². The molecule has 0 unspecified atom stereocenters. The molecule has 5 nitrogen and oxygen atoms in total. The lowest BCUT2D eigenvalue weighted by Crippen LogP contribution is -2.15. The summed E-state index contributed by atoms with van der Waals surface area (Å²) < 4.78 is 4.79. The minimum Gasteiger partial charge on any atom is -0.309 e. The molecule has 0 aliphatic heterocycles. The number of benzene rings is 8. The summed E-state index contributed by atoms with van der Waals surface area (Å²) in [6.45, 7) is 9.30. The van der Waals surface area contributed by atoms with Crippen molar-refractivity contribution < 1.29 is 0 Å². The van der Waals surface area contributed by atoms with Gasteiger partial charge in [-0.1, -0.05) is 119 Å². The summed E-state index contributed by atoms with van der Waals surface area (Å²) in [6, 6.07) is 63.5. The zero-order valence-electron chi connectivity index (χ0n) is 37.0. The lowest BCUT2D eigenvalue weighted by molar-refractivity contribution is 0.661. The number of hydrogen-bond donors (Lipinski definition) is 0. The highest BCUT2D eigenvalue weighted by atomic mass is 15.0. The minimum atomic E-state index is -0.234. The van der Waals surface area contributed by atoms with Gasteiger partial charge in [0, 0.05) is 67.0 Å². The monoisotopic (exact) mass is 843 g/mol. The van der Waals surface area contributed by atoms with Gasteiger partial charge in [-0.05, 0) is 117 Å². The van der Waals surface area contributed by atoms with Crippen LogP contribution in [0.4, 0.5) is 0 Å². The Morgan fingerprint density at radius 3 is 1.53 bits per heavy atom. The minimum absolute atomic E-state index is 0.214. The molecule has 13 rings (SSSR count). The molecule has 11 aromatic rings. The molecule has 0 atom stereocenters. The van der Waals surface area contributed by atoms with Crippen LogP contribution in [0.5, 0.6) is 0 Å². The Morgan fingerprint density at radius 2 is 0.939 bits per heavy atom. The highest BCUT2D eigenvalue weighted by Gasteiger charge is 2.38. The maximum atomic E-state index is 10.9. The zero-order valence-corrected chi connectivity index (χ0v) is 37.0. The van der Waals surface area contributed by atoms with Crippen LogP contribution in [-0.2, 0) is 10.8 Å². The highest BCUT2D eigenvalue weighted by Crippen LogP contribution is 2.54. The van der Waals surface area contributed by atoms with Crippen LogP contribution in [0, 0.1) is 22.7 Å². The molecule has 0 saturated carbocycles. The van der Waals surface area contributed by atoms with E-state index in [1.54, 1.807) is 6.20 Å². The number of para-hydroxylation sites is 2. The van der Waals surface area contributed by atoms with Crippen LogP contribution in [0.25, 0.3) is 99.5 Å². The smallest absolute Gasteiger partial charge is 0.0992 e. The predicted octanol–water partition coefficient (Wildman–Crippen LogP) is 15.0. The van der Waals surface area contributed by atoms with Gasteiger partial charge in [0.2, 0.25) is 0 Å². The van der Waals surface area contributed by atoms with Crippen molar-refractivity contribution in [3.8, 4) is 68.0 Å². The Morgan fingerprint density at radius 1 is 0.409 bits per heavy atom. The van der Waals surface area contributed by atoms with E-state index in [0.717, 1.165) is 77.2 Å². The average molecular weight is 844 g/mol. The fourth-order valence-electron chi connectivity index (χ4n) is 11.7. The molecule has 2 aliphatic rings. The number of fused-ring (bicyclic) bond motifs is 12. The molecular formula is C61H41N5. The summed E-state index contributed by atoms with van der Waals surface area (Å²) in [4.78, 5) is 4.63. The molecule has 3 heterocycles. The van der Waals surface area contributed by atoms with Crippen molar-refractivity contribution in [3.05, 3.63) is 210 Å². The Balaban J connectivity index is 1.18. The van der Waals surface area contributed by atoms with E-state index in [-0.39, 0.29) is 10.8 Å². The van der Waals surface area contributed by atoms with Gasteiger partial charge in [0.15, 0.2) is 0 Å². The van der Waals surface area contributed by atoms with E-state index in [2.05, 4.69) is 187 Å². The van der Waals surface area contributed by atoms with Crippen molar-refractivity contribution >= 4 is 43.6 Å². The van der Waals surface area contributed by atoms with Crippen LogP contribution in [-0.4, -0.2) is 14.1 Å². The lowest BCUT2D eigenvalue weighted by Gasteiger charge is -2.24. The summed E-state index contributed by atoms with van der Waals surface area (Å²) in [5.74, 6) is 0. The quantitative estimate of drug-likeness (QED) is 0.177. The van der Waals surface area contributed by atoms with Crippen molar-refractivity contribution in [2.75, 3.05) is 0 Å². The molecule has 310 valence electrons. The second-order valence-electron chi connectivity index (χ2n) is 19.0. The van der Waals surface area contributed by atoms with E-state index in [1.807, 2.05) is 36.5 Å². The molecule has 2 aliphatic carbocycles. The van der Waals surface area contributed by atoms with Crippen LogP contribution in [0.2, 0.25) is 0 Å². The van der Waals surface area contributed by atoms with E-state index < -0.39 is 0 Å². The highest BCUT2D eigenvalue weighted by molar-refractivity contribution is 6.14. The van der Waals surface area contributed by atoms with Crippen molar-refractivity contribution in [2.24, 2.45) is 0 Å². The van der Waals surface area contributed by atoms with Gasteiger partial charge in [-0.2, -0.15) is 10.5 Å². The molecule has 0 spiro atoms. The normalized spacial score (nSPS) is 14.0. The third kappa shape index (κ3) is 5.06. The first kappa shape index (κ1) is 38.0. The molecule has 0 amide bonds. The maximum absolute atomic E-state index is 10.9. The number of hydrogen-bond acceptors (Lipinski definition) is 3. The van der Waals surface area contributed by atoms with Gasteiger partial charge < -0.3 is 9.13 Å². The van der Waals surface area contributed by atoms with Crippen molar-refractivity contribution in [1.82, 2.24) is 14.1 Å². The third-order valence-electron chi connectivity index (χ3n) is 14.8. The predicted molar refractivity (Wildman–Crippen MR) is 268 cm³/mol. The summed E-state index contributed by atoms with van der Waals surface area (Å²) >= 11 is 0. The molecule has 0 saturated heterocycles. The third-order valence-corrected chi connectivity index (χ3v) is 14.8. The summed E-state index contributed by atoms with van der Waals surface area (Å²) in [7, 11) is 0. The number of pyridine rings is 1.